The Labute approximate surface area is 178 Å². The van der Waals surface area contributed by atoms with Crippen molar-refractivity contribution in [2.75, 3.05) is 25.4 Å². The highest BCUT2D eigenvalue weighted by molar-refractivity contribution is 8.14. The summed E-state index contributed by atoms with van der Waals surface area (Å²) in [5, 5.41) is 16.5. The number of aliphatic hydroxyl groups is 1. The number of amides is 1. The van der Waals surface area contributed by atoms with Gasteiger partial charge in [-0.3, -0.25) is 14.8 Å². The molecule has 0 bridgehead atoms. The first-order valence-electron chi connectivity index (χ1n) is 9.78. The minimum atomic E-state index is -0.519. The summed E-state index contributed by atoms with van der Waals surface area (Å²) < 4.78 is 0. The zero-order chi connectivity index (χ0) is 21.3. The average Bonchev–Trinajstić information content (AvgIpc) is 3.10. The molecule has 2 atom stereocenters. The van der Waals surface area contributed by atoms with Gasteiger partial charge in [-0.1, -0.05) is 48.2 Å². The first-order valence-corrected chi connectivity index (χ1v) is 10.8. The number of allylic oxidation sites excluding steroid dienone is 5. The van der Waals surface area contributed by atoms with Gasteiger partial charge in [-0.25, -0.2) is 0 Å². The fourth-order valence-corrected chi connectivity index (χ4v) is 3.24. The van der Waals surface area contributed by atoms with E-state index in [9.17, 15) is 9.90 Å². The normalized spacial score (nSPS) is 18.6. The van der Waals surface area contributed by atoms with E-state index in [4.69, 9.17) is 5.73 Å². The Hall–Kier alpha value is -2.16. The molecule has 1 heterocycles. The van der Waals surface area contributed by atoms with Crippen molar-refractivity contribution in [2.24, 2.45) is 15.7 Å². The minimum Gasteiger partial charge on any atom is -0.388 e. The molecule has 1 aliphatic rings. The molecule has 0 saturated carbocycles. The van der Waals surface area contributed by atoms with Crippen LogP contribution in [0.15, 0.2) is 58.2 Å². The average molecular weight is 420 g/mol. The Morgan fingerprint density at radius 3 is 3.00 bits per heavy atom. The van der Waals surface area contributed by atoms with Gasteiger partial charge in [0.15, 0.2) is 5.17 Å². The largest absolute Gasteiger partial charge is 0.388 e. The third-order valence-corrected chi connectivity index (χ3v) is 4.89. The Morgan fingerprint density at radius 1 is 1.48 bits per heavy atom. The molecule has 0 radical (unpaired) electrons. The summed E-state index contributed by atoms with van der Waals surface area (Å²) >= 11 is 1.49. The van der Waals surface area contributed by atoms with Gasteiger partial charge in [-0.15, -0.1) is 0 Å². The van der Waals surface area contributed by atoms with Gasteiger partial charge in [0.1, 0.15) is 0 Å². The number of amidine groups is 1. The molecule has 1 amide bonds. The number of carbonyl (C=O) groups excluding carboxylic acids is 1. The number of aliphatic imine (C=N–C) groups is 2. The fraction of sp³-hybridized carbons (Fsp3) is 0.476. The van der Waals surface area contributed by atoms with Crippen molar-refractivity contribution in [3.63, 3.8) is 0 Å². The van der Waals surface area contributed by atoms with Crippen LogP contribution < -0.4 is 16.4 Å². The van der Waals surface area contributed by atoms with Crippen molar-refractivity contribution in [2.45, 2.75) is 38.3 Å². The van der Waals surface area contributed by atoms with Crippen LogP contribution in [-0.2, 0) is 4.79 Å². The Kier molecular flexibility index (Phi) is 13.5. The Balaban J connectivity index is 2.14. The van der Waals surface area contributed by atoms with E-state index < -0.39 is 6.10 Å². The van der Waals surface area contributed by atoms with Gasteiger partial charge in [0, 0.05) is 18.0 Å². The van der Waals surface area contributed by atoms with Crippen molar-refractivity contribution in [3.8, 4) is 0 Å². The SMILES string of the molecule is C=NCC=C/C=C/[C@@H](O)CNCCC/C=C\C(=C/C)NC(=O)CC1CSC(N)=N1. The molecule has 5 N–H and O–H groups in total. The second-order valence-electron chi connectivity index (χ2n) is 6.46. The molecule has 1 rings (SSSR count). The van der Waals surface area contributed by atoms with Crippen LogP contribution in [-0.4, -0.2) is 60.4 Å². The second kappa shape index (κ2) is 15.7. The number of nitrogens with one attached hydrogen (secondary N) is 2. The summed E-state index contributed by atoms with van der Waals surface area (Å²) in [5.74, 6) is 0.715. The Bertz CT molecular complexity index is 655. The number of nitrogens with zero attached hydrogens (tertiary/aromatic N) is 2. The molecule has 160 valence electrons. The maximum Gasteiger partial charge on any atom is 0.226 e. The molecule has 0 fully saturated rings. The van der Waals surface area contributed by atoms with E-state index in [2.05, 4.69) is 27.3 Å². The highest BCUT2D eigenvalue weighted by Crippen LogP contribution is 2.17. The second-order valence-corrected chi connectivity index (χ2v) is 7.50. The quantitative estimate of drug-likeness (QED) is 0.195. The molecule has 0 aromatic carbocycles. The van der Waals surface area contributed by atoms with E-state index in [1.165, 1.54) is 11.8 Å². The van der Waals surface area contributed by atoms with Crippen molar-refractivity contribution in [1.29, 1.82) is 0 Å². The summed E-state index contributed by atoms with van der Waals surface area (Å²) in [4.78, 5) is 20.0. The lowest BCUT2D eigenvalue weighted by Gasteiger charge is -2.08. The molecule has 0 spiro atoms. The highest BCUT2D eigenvalue weighted by Gasteiger charge is 2.19. The molecular weight excluding hydrogens is 386 g/mol. The molecule has 1 aliphatic heterocycles. The fourth-order valence-electron chi connectivity index (χ4n) is 2.46. The van der Waals surface area contributed by atoms with Crippen molar-refractivity contribution in [1.82, 2.24) is 10.6 Å². The minimum absolute atomic E-state index is 0.0291. The van der Waals surface area contributed by atoms with E-state index in [1.54, 1.807) is 12.2 Å². The Morgan fingerprint density at radius 2 is 2.31 bits per heavy atom. The molecular formula is C21H33N5O2S. The number of rotatable bonds is 14. The van der Waals surface area contributed by atoms with Crippen LogP contribution in [0.3, 0.4) is 0 Å². The number of hydrogen-bond acceptors (Lipinski definition) is 7. The third kappa shape index (κ3) is 12.8. The van der Waals surface area contributed by atoms with Crippen LogP contribution in [0.25, 0.3) is 0 Å². The van der Waals surface area contributed by atoms with Gasteiger partial charge in [0.2, 0.25) is 5.91 Å². The van der Waals surface area contributed by atoms with Crippen molar-refractivity contribution >= 4 is 29.6 Å². The lowest BCUT2D eigenvalue weighted by Crippen LogP contribution is -2.26. The zero-order valence-electron chi connectivity index (χ0n) is 17.1. The topological polar surface area (TPSA) is 112 Å². The number of unbranched alkanes of at least 4 members (excludes halogenated alkanes) is 1. The van der Waals surface area contributed by atoms with E-state index in [-0.39, 0.29) is 11.9 Å². The number of thioether (sulfide) groups is 1. The predicted octanol–water partition coefficient (Wildman–Crippen LogP) is 1.93. The monoisotopic (exact) mass is 419 g/mol. The van der Waals surface area contributed by atoms with Crippen LogP contribution in [0.2, 0.25) is 0 Å². The number of carbonyl (C=O) groups is 1. The summed E-state index contributed by atoms with van der Waals surface area (Å²) in [6.45, 7) is 7.18. The molecule has 0 aliphatic carbocycles. The van der Waals surface area contributed by atoms with E-state index in [0.717, 1.165) is 30.8 Å². The highest BCUT2D eigenvalue weighted by atomic mass is 32.2. The summed E-state index contributed by atoms with van der Waals surface area (Å²) in [5.41, 5.74) is 6.41. The molecule has 7 nitrogen and oxygen atoms in total. The molecule has 8 heteroatoms. The van der Waals surface area contributed by atoms with Gasteiger partial charge in [0.25, 0.3) is 0 Å². The number of aliphatic hydroxyl groups excluding tert-OH is 1. The standard InChI is InChI=1S/C21H33N5O2S/c1-3-17(25-20(28)14-18-16-29-21(22)26-18)10-6-4-9-13-24-15-19(27)11-7-5-8-12-23-2/h3,5-8,10-11,18-19,24,27H,2,4,9,12-16H2,1H3,(H2,22,26)(H,25,28)/b8-5?,10-6-,11-7+,17-3+/t18?,19-/m1/s1. The van der Waals surface area contributed by atoms with E-state index in [0.29, 0.717) is 24.7 Å². The first-order chi connectivity index (χ1) is 14.0. The van der Waals surface area contributed by atoms with Crippen molar-refractivity contribution in [3.05, 3.63) is 48.2 Å². The van der Waals surface area contributed by atoms with Crippen LogP contribution in [0, 0.1) is 0 Å². The van der Waals surface area contributed by atoms with Crippen molar-refractivity contribution < 1.29 is 9.90 Å². The van der Waals surface area contributed by atoms with Crippen LogP contribution in [0.4, 0.5) is 0 Å². The van der Waals surface area contributed by atoms with Gasteiger partial charge in [-0.05, 0) is 39.1 Å². The summed E-state index contributed by atoms with van der Waals surface area (Å²) in [6, 6.07) is -0.0291. The van der Waals surface area contributed by atoms with Gasteiger partial charge in [0.05, 0.1) is 25.1 Å². The smallest absolute Gasteiger partial charge is 0.226 e. The van der Waals surface area contributed by atoms with Crippen LogP contribution >= 0.6 is 11.8 Å². The lowest BCUT2D eigenvalue weighted by molar-refractivity contribution is -0.120. The molecule has 1 unspecified atom stereocenters. The predicted molar refractivity (Wildman–Crippen MR) is 124 cm³/mol. The molecule has 0 aromatic rings. The van der Waals surface area contributed by atoms with Crippen LogP contribution in [0.5, 0.6) is 0 Å². The van der Waals surface area contributed by atoms with Gasteiger partial charge < -0.3 is 21.5 Å². The molecule has 29 heavy (non-hydrogen) atoms. The maximum atomic E-state index is 12.1. The van der Waals surface area contributed by atoms with Gasteiger partial charge >= 0.3 is 0 Å². The zero-order valence-corrected chi connectivity index (χ0v) is 17.9. The molecule has 0 aromatic heterocycles. The maximum absolute atomic E-state index is 12.1. The molecule has 0 saturated heterocycles. The third-order valence-electron chi connectivity index (χ3n) is 3.94. The summed E-state index contributed by atoms with van der Waals surface area (Å²) in [6.07, 6.45) is 14.7. The lowest BCUT2D eigenvalue weighted by atomic mass is 10.2. The van der Waals surface area contributed by atoms with E-state index >= 15 is 0 Å². The summed E-state index contributed by atoms with van der Waals surface area (Å²) in [7, 11) is 0. The number of nitrogens with two attached hydrogens (primary N) is 1. The van der Waals surface area contributed by atoms with Crippen LogP contribution in [0.1, 0.15) is 26.2 Å². The van der Waals surface area contributed by atoms with Gasteiger partial charge in [-0.2, -0.15) is 0 Å². The number of hydrogen-bond donors (Lipinski definition) is 4. The first kappa shape index (κ1) is 24.9. The van der Waals surface area contributed by atoms with E-state index in [1.807, 2.05) is 37.3 Å².